The van der Waals surface area contributed by atoms with E-state index < -0.39 is 0 Å². The van der Waals surface area contributed by atoms with Crippen molar-refractivity contribution in [2.45, 2.75) is 19.3 Å². The Labute approximate surface area is 137 Å². The van der Waals surface area contributed by atoms with Gasteiger partial charge in [-0.2, -0.15) is 0 Å². The second kappa shape index (κ2) is 8.30. The molecular formula is C20H22O3. The molecule has 0 saturated carbocycles. The summed E-state index contributed by atoms with van der Waals surface area (Å²) in [4.78, 5) is 12.3. The van der Waals surface area contributed by atoms with E-state index in [2.05, 4.69) is 6.92 Å². The molecule has 0 aliphatic carbocycles. The largest absolute Gasteiger partial charge is 0.466 e. The van der Waals surface area contributed by atoms with E-state index in [4.69, 9.17) is 4.74 Å². The van der Waals surface area contributed by atoms with Crippen LogP contribution in [0.2, 0.25) is 0 Å². The number of ether oxygens (including phenoxy) is 1. The Bertz CT molecular complexity index is 660. The van der Waals surface area contributed by atoms with Gasteiger partial charge in [0.1, 0.15) is 0 Å². The van der Waals surface area contributed by atoms with E-state index in [9.17, 15) is 9.90 Å². The lowest BCUT2D eigenvalue weighted by molar-refractivity contribution is -0.136. The number of allylic oxidation sites excluding steroid dienone is 1. The zero-order valence-corrected chi connectivity index (χ0v) is 13.5. The topological polar surface area (TPSA) is 46.5 Å². The van der Waals surface area contributed by atoms with Gasteiger partial charge in [0.15, 0.2) is 0 Å². The molecule has 0 spiro atoms. The third-order valence-electron chi connectivity index (χ3n) is 3.94. The maximum Gasteiger partial charge on any atom is 0.334 e. The number of carbonyl (C=O) groups is 1. The standard InChI is InChI=1S/C20H22O3/c1-15(16-9-5-3-6-10-16)19(17-11-7-4-8-12-17)18(13-14-21)20(22)23-2/h3-12,15,21H,13-14H2,1-2H3. The third-order valence-corrected chi connectivity index (χ3v) is 3.94. The SMILES string of the molecule is COC(=O)C(CCO)=C(c1ccccc1)C(C)c1ccccc1. The number of hydrogen-bond acceptors (Lipinski definition) is 3. The maximum absolute atomic E-state index is 12.3. The Kier molecular flexibility index (Phi) is 6.12. The summed E-state index contributed by atoms with van der Waals surface area (Å²) in [5.41, 5.74) is 3.51. The van der Waals surface area contributed by atoms with Gasteiger partial charge in [-0.15, -0.1) is 0 Å². The molecule has 2 aromatic carbocycles. The van der Waals surface area contributed by atoms with Crippen LogP contribution in [-0.2, 0) is 9.53 Å². The first-order valence-corrected chi connectivity index (χ1v) is 7.71. The molecule has 1 atom stereocenters. The van der Waals surface area contributed by atoms with Crippen LogP contribution >= 0.6 is 0 Å². The number of benzene rings is 2. The van der Waals surface area contributed by atoms with E-state index in [0.29, 0.717) is 5.57 Å². The molecule has 0 radical (unpaired) electrons. The fourth-order valence-corrected chi connectivity index (χ4v) is 2.79. The van der Waals surface area contributed by atoms with Gasteiger partial charge in [-0.05, 0) is 16.7 Å². The van der Waals surface area contributed by atoms with Crippen LogP contribution in [0.15, 0.2) is 66.2 Å². The first-order valence-electron chi connectivity index (χ1n) is 7.71. The molecule has 120 valence electrons. The Morgan fingerprint density at radius 2 is 1.61 bits per heavy atom. The normalized spacial score (nSPS) is 13.2. The van der Waals surface area contributed by atoms with Crippen LogP contribution in [0.4, 0.5) is 0 Å². The molecule has 0 amide bonds. The molecule has 23 heavy (non-hydrogen) atoms. The number of rotatable bonds is 6. The summed E-state index contributed by atoms with van der Waals surface area (Å²) in [6, 6.07) is 19.8. The highest BCUT2D eigenvalue weighted by Gasteiger charge is 2.22. The van der Waals surface area contributed by atoms with Crippen LogP contribution < -0.4 is 0 Å². The monoisotopic (exact) mass is 310 g/mol. The van der Waals surface area contributed by atoms with Crippen molar-refractivity contribution in [1.29, 1.82) is 0 Å². The minimum absolute atomic E-state index is 0.0132. The van der Waals surface area contributed by atoms with Crippen LogP contribution in [0.1, 0.15) is 30.4 Å². The first-order chi connectivity index (χ1) is 11.2. The molecule has 0 bridgehead atoms. The summed E-state index contributed by atoms with van der Waals surface area (Å²) in [5.74, 6) is -0.375. The number of aliphatic hydroxyl groups excluding tert-OH is 1. The fourth-order valence-electron chi connectivity index (χ4n) is 2.79. The molecule has 0 heterocycles. The minimum Gasteiger partial charge on any atom is -0.466 e. The van der Waals surface area contributed by atoms with Crippen LogP contribution in [-0.4, -0.2) is 24.8 Å². The molecule has 2 aromatic rings. The quantitative estimate of drug-likeness (QED) is 0.652. The van der Waals surface area contributed by atoms with Crippen molar-refractivity contribution in [2.24, 2.45) is 0 Å². The highest BCUT2D eigenvalue weighted by atomic mass is 16.5. The molecule has 0 saturated heterocycles. The molecule has 0 aliphatic rings. The van der Waals surface area contributed by atoms with Crippen molar-refractivity contribution in [3.8, 4) is 0 Å². The number of aliphatic hydroxyl groups is 1. The average molecular weight is 310 g/mol. The van der Waals surface area contributed by atoms with Crippen LogP contribution in [0.5, 0.6) is 0 Å². The van der Waals surface area contributed by atoms with E-state index in [1.807, 2.05) is 60.7 Å². The summed E-state index contributed by atoms with van der Waals surface area (Å²) in [6.07, 6.45) is 0.272. The third kappa shape index (κ3) is 4.08. The number of methoxy groups -OCH3 is 1. The predicted octanol–water partition coefficient (Wildman–Crippen LogP) is 3.80. The Morgan fingerprint density at radius 3 is 2.13 bits per heavy atom. The summed E-state index contributed by atoms with van der Waals surface area (Å²) in [5, 5.41) is 9.39. The molecule has 1 N–H and O–H groups in total. The van der Waals surface area contributed by atoms with Gasteiger partial charge in [-0.3, -0.25) is 0 Å². The van der Waals surface area contributed by atoms with Crippen LogP contribution in [0.25, 0.3) is 5.57 Å². The van der Waals surface area contributed by atoms with Gasteiger partial charge < -0.3 is 9.84 Å². The lowest BCUT2D eigenvalue weighted by Gasteiger charge is -2.21. The summed E-state index contributed by atoms with van der Waals surface area (Å²) in [7, 11) is 1.37. The van der Waals surface area contributed by atoms with Gasteiger partial charge in [0.05, 0.1) is 7.11 Å². The molecule has 0 aliphatic heterocycles. The van der Waals surface area contributed by atoms with Crippen molar-refractivity contribution < 1.29 is 14.6 Å². The number of carbonyl (C=O) groups excluding carboxylic acids is 1. The van der Waals surface area contributed by atoms with Gasteiger partial charge in [0.2, 0.25) is 0 Å². The Hall–Kier alpha value is -2.39. The molecule has 0 fully saturated rings. The van der Waals surface area contributed by atoms with E-state index in [1.165, 1.54) is 7.11 Å². The first kappa shape index (κ1) is 17.0. The van der Waals surface area contributed by atoms with Crippen LogP contribution in [0.3, 0.4) is 0 Å². The number of hydrogen-bond donors (Lipinski definition) is 1. The van der Waals surface area contributed by atoms with E-state index in [0.717, 1.165) is 16.7 Å². The highest BCUT2D eigenvalue weighted by molar-refractivity contribution is 5.99. The lowest BCUT2D eigenvalue weighted by atomic mass is 9.84. The lowest BCUT2D eigenvalue weighted by Crippen LogP contribution is -2.12. The van der Waals surface area contributed by atoms with Crippen molar-refractivity contribution in [3.05, 3.63) is 77.4 Å². The van der Waals surface area contributed by atoms with Gasteiger partial charge in [-0.25, -0.2) is 4.79 Å². The smallest absolute Gasteiger partial charge is 0.334 e. The second-order valence-corrected chi connectivity index (χ2v) is 5.36. The molecule has 3 heteroatoms. The number of esters is 1. The maximum atomic E-state index is 12.3. The van der Waals surface area contributed by atoms with E-state index in [1.54, 1.807) is 0 Å². The van der Waals surface area contributed by atoms with Crippen molar-refractivity contribution in [1.82, 2.24) is 0 Å². The molecular weight excluding hydrogens is 288 g/mol. The van der Waals surface area contributed by atoms with E-state index in [-0.39, 0.29) is 24.9 Å². The van der Waals surface area contributed by atoms with Crippen LogP contribution in [0, 0.1) is 0 Å². The highest BCUT2D eigenvalue weighted by Crippen LogP contribution is 2.35. The van der Waals surface area contributed by atoms with Gasteiger partial charge >= 0.3 is 5.97 Å². The van der Waals surface area contributed by atoms with Crippen molar-refractivity contribution in [3.63, 3.8) is 0 Å². The van der Waals surface area contributed by atoms with Gasteiger partial charge in [-0.1, -0.05) is 67.6 Å². The molecule has 0 aromatic heterocycles. The zero-order valence-electron chi connectivity index (χ0n) is 13.5. The van der Waals surface area contributed by atoms with Gasteiger partial charge in [0, 0.05) is 24.5 Å². The summed E-state index contributed by atoms with van der Waals surface area (Å²) < 4.78 is 4.95. The fraction of sp³-hybridized carbons (Fsp3) is 0.250. The summed E-state index contributed by atoms with van der Waals surface area (Å²) >= 11 is 0. The van der Waals surface area contributed by atoms with Crippen molar-refractivity contribution >= 4 is 11.5 Å². The summed E-state index contributed by atoms with van der Waals surface area (Å²) in [6.45, 7) is 1.97. The molecule has 3 nitrogen and oxygen atoms in total. The Balaban J connectivity index is 2.62. The zero-order chi connectivity index (χ0) is 16.7. The predicted molar refractivity (Wildman–Crippen MR) is 91.9 cm³/mol. The minimum atomic E-state index is -0.388. The Morgan fingerprint density at radius 1 is 1.04 bits per heavy atom. The molecule has 2 rings (SSSR count). The van der Waals surface area contributed by atoms with Crippen molar-refractivity contribution in [2.75, 3.05) is 13.7 Å². The van der Waals surface area contributed by atoms with E-state index >= 15 is 0 Å². The van der Waals surface area contributed by atoms with Gasteiger partial charge in [0.25, 0.3) is 0 Å². The molecule has 1 unspecified atom stereocenters. The average Bonchev–Trinajstić information content (AvgIpc) is 2.62. The second-order valence-electron chi connectivity index (χ2n) is 5.36.